The number of benzene rings is 3. The molecule has 4 rings (SSSR count). The zero-order chi connectivity index (χ0) is 23.0. The molecule has 0 aliphatic heterocycles. The first-order chi connectivity index (χ1) is 16.1. The van der Waals surface area contributed by atoms with Gasteiger partial charge in [-0.3, -0.25) is 14.6 Å². The number of carbonyl (C=O) groups is 2. The number of pyridine rings is 1. The van der Waals surface area contributed by atoms with Crippen molar-refractivity contribution in [3.05, 3.63) is 120 Å². The maximum absolute atomic E-state index is 12.8. The van der Waals surface area contributed by atoms with Crippen LogP contribution >= 0.6 is 0 Å². The summed E-state index contributed by atoms with van der Waals surface area (Å²) < 4.78 is 5.86. The molecule has 0 fully saturated rings. The number of hydrogen-bond acceptors (Lipinski definition) is 4. The Morgan fingerprint density at radius 3 is 2.21 bits per heavy atom. The van der Waals surface area contributed by atoms with Gasteiger partial charge in [-0.05, 0) is 61.0 Å². The molecule has 2 N–H and O–H groups in total. The Morgan fingerprint density at radius 2 is 1.48 bits per heavy atom. The van der Waals surface area contributed by atoms with Gasteiger partial charge in [-0.2, -0.15) is 0 Å². The molecule has 0 aliphatic rings. The molecular formula is C27H23N3O3. The lowest BCUT2D eigenvalue weighted by Crippen LogP contribution is -2.14. The van der Waals surface area contributed by atoms with E-state index in [9.17, 15) is 9.59 Å². The third kappa shape index (κ3) is 6.04. The summed E-state index contributed by atoms with van der Waals surface area (Å²) in [6, 6.07) is 25.5. The van der Waals surface area contributed by atoms with Crippen molar-refractivity contribution in [2.24, 2.45) is 0 Å². The Balaban J connectivity index is 1.39. The molecule has 164 valence electrons. The number of ether oxygens (including phenoxy) is 1. The van der Waals surface area contributed by atoms with Crippen LogP contribution in [0.3, 0.4) is 0 Å². The molecule has 6 heteroatoms. The van der Waals surface area contributed by atoms with Gasteiger partial charge in [0.1, 0.15) is 12.4 Å². The molecule has 0 unspecified atom stereocenters. The molecule has 0 bridgehead atoms. The van der Waals surface area contributed by atoms with Crippen molar-refractivity contribution in [2.45, 2.75) is 13.5 Å². The SMILES string of the molecule is Cc1cccc(COc2cccc(C(=O)Nc3cccc(NC(=O)c4cccnc4)c3)c2)c1. The van der Waals surface area contributed by atoms with Gasteiger partial charge in [0.2, 0.25) is 0 Å². The summed E-state index contributed by atoms with van der Waals surface area (Å²) in [7, 11) is 0. The number of anilines is 2. The molecule has 6 nitrogen and oxygen atoms in total. The highest BCUT2D eigenvalue weighted by molar-refractivity contribution is 6.06. The summed E-state index contributed by atoms with van der Waals surface area (Å²) in [5.74, 6) is 0.0680. The lowest BCUT2D eigenvalue weighted by Gasteiger charge is -2.11. The Morgan fingerprint density at radius 1 is 0.788 bits per heavy atom. The quantitative estimate of drug-likeness (QED) is 0.402. The number of hydrogen-bond donors (Lipinski definition) is 2. The van der Waals surface area contributed by atoms with Crippen LogP contribution in [0.5, 0.6) is 5.75 Å². The largest absolute Gasteiger partial charge is 0.489 e. The standard InChI is InChI=1S/C27H23N3O3/c1-19-6-2-7-20(14-19)18-33-25-12-3-8-21(15-25)26(31)29-23-10-4-11-24(16-23)30-27(32)22-9-5-13-28-17-22/h2-17H,18H2,1H3,(H,29,31)(H,30,32). The van der Waals surface area contributed by atoms with Crippen molar-refractivity contribution in [1.29, 1.82) is 0 Å². The number of rotatable bonds is 7. The predicted octanol–water partition coefficient (Wildman–Crippen LogP) is 5.47. The topological polar surface area (TPSA) is 80.3 Å². The van der Waals surface area contributed by atoms with Gasteiger partial charge in [0.25, 0.3) is 11.8 Å². The Labute approximate surface area is 192 Å². The maximum atomic E-state index is 12.8. The number of amides is 2. The zero-order valence-corrected chi connectivity index (χ0v) is 18.1. The van der Waals surface area contributed by atoms with Gasteiger partial charge in [-0.15, -0.1) is 0 Å². The summed E-state index contributed by atoms with van der Waals surface area (Å²) >= 11 is 0. The summed E-state index contributed by atoms with van der Waals surface area (Å²) in [6.07, 6.45) is 3.10. The summed E-state index contributed by atoms with van der Waals surface area (Å²) in [5, 5.41) is 5.67. The van der Waals surface area contributed by atoms with Crippen molar-refractivity contribution in [3.8, 4) is 5.75 Å². The van der Waals surface area contributed by atoms with Crippen molar-refractivity contribution in [3.63, 3.8) is 0 Å². The molecule has 1 heterocycles. The Kier molecular flexibility index (Phi) is 6.75. The highest BCUT2D eigenvalue weighted by atomic mass is 16.5. The van der Waals surface area contributed by atoms with E-state index in [4.69, 9.17) is 4.74 Å². The second-order valence-electron chi connectivity index (χ2n) is 7.54. The van der Waals surface area contributed by atoms with Crippen LogP contribution in [0.15, 0.2) is 97.3 Å². The van der Waals surface area contributed by atoms with Crippen LogP contribution < -0.4 is 15.4 Å². The summed E-state index contributed by atoms with van der Waals surface area (Å²) in [5.41, 5.74) is 4.29. The molecule has 0 radical (unpaired) electrons. The van der Waals surface area contributed by atoms with Gasteiger partial charge in [0.15, 0.2) is 0 Å². The van der Waals surface area contributed by atoms with E-state index < -0.39 is 0 Å². The van der Waals surface area contributed by atoms with Gasteiger partial charge in [-0.25, -0.2) is 0 Å². The lowest BCUT2D eigenvalue weighted by atomic mass is 10.1. The molecular weight excluding hydrogens is 414 g/mol. The van der Waals surface area contributed by atoms with Gasteiger partial charge < -0.3 is 15.4 Å². The molecule has 0 saturated carbocycles. The minimum absolute atomic E-state index is 0.272. The van der Waals surface area contributed by atoms with Crippen molar-refractivity contribution >= 4 is 23.2 Å². The predicted molar refractivity (Wildman–Crippen MR) is 129 cm³/mol. The minimum atomic E-state index is -0.273. The van der Waals surface area contributed by atoms with E-state index in [1.54, 1.807) is 60.8 Å². The first kappa shape index (κ1) is 21.8. The van der Waals surface area contributed by atoms with Crippen molar-refractivity contribution < 1.29 is 14.3 Å². The fourth-order valence-electron chi connectivity index (χ4n) is 3.27. The minimum Gasteiger partial charge on any atom is -0.489 e. The maximum Gasteiger partial charge on any atom is 0.257 e. The van der Waals surface area contributed by atoms with Crippen LogP contribution in [0.1, 0.15) is 31.8 Å². The monoisotopic (exact) mass is 437 g/mol. The third-order valence-electron chi connectivity index (χ3n) is 4.89. The van der Waals surface area contributed by atoms with Crippen molar-refractivity contribution in [2.75, 3.05) is 10.6 Å². The van der Waals surface area contributed by atoms with Gasteiger partial charge in [0.05, 0.1) is 5.56 Å². The molecule has 33 heavy (non-hydrogen) atoms. The zero-order valence-electron chi connectivity index (χ0n) is 18.1. The van der Waals surface area contributed by atoms with E-state index in [0.29, 0.717) is 34.9 Å². The van der Waals surface area contributed by atoms with Crippen LogP contribution in [0, 0.1) is 6.92 Å². The highest BCUT2D eigenvalue weighted by Crippen LogP contribution is 2.19. The van der Waals surface area contributed by atoms with E-state index in [-0.39, 0.29) is 11.8 Å². The number of aromatic nitrogens is 1. The fraction of sp³-hybridized carbons (Fsp3) is 0.0741. The average Bonchev–Trinajstić information content (AvgIpc) is 2.84. The number of carbonyl (C=O) groups excluding carboxylic acids is 2. The van der Waals surface area contributed by atoms with E-state index in [0.717, 1.165) is 5.56 Å². The van der Waals surface area contributed by atoms with E-state index in [1.165, 1.54) is 11.8 Å². The lowest BCUT2D eigenvalue weighted by molar-refractivity contribution is 0.101. The normalized spacial score (nSPS) is 10.3. The molecule has 1 aromatic heterocycles. The molecule has 3 aromatic carbocycles. The second-order valence-corrected chi connectivity index (χ2v) is 7.54. The third-order valence-corrected chi connectivity index (χ3v) is 4.89. The van der Waals surface area contributed by atoms with Crippen LogP contribution in [0.2, 0.25) is 0 Å². The van der Waals surface area contributed by atoms with Gasteiger partial charge in [-0.1, -0.05) is 42.0 Å². The molecule has 0 atom stereocenters. The van der Waals surface area contributed by atoms with Crippen LogP contribution in [-0.4, -0.2) is 16.8 Å². The van der Waals surface area contributed by atoms with Crippen LogP contribution in [-0.2, 0) is 6.61 Å². The van der Waals surface area contributed by atoms with Crippen LogP contribution in [0.4, 0.5) is 11.4 Å². The molecule has 0 aliphatic carbocycles. The van der Waals surface area contributed by atoms with Gasteiger partial charge >= 0.3 is 0 Å². The Bertz CT molecular complexity index is 1270. The van der Waals surface area contributed by atoms with E-state index in [2.05, 4.69) is 21.7 Å². The number of aryl methyl sites for hydroxylation is 1. The number of nitrogens with one attached hydrogen (secondary N) is 2. The van der Waals surface area contributed by atoms with E-state index in [1.807, 2.05) is 31.2 Å². The number of nitrogens with zero attached hydrogens (tertiary/aromatic N) is 1. The first-order valence-electron chi connectivity index (χ1n) is 10.5. The Hall–Kier alpha value is -4.45. The molecule has 4 aromatic rings. The molecule has 0 saturated heterocycles. The van der Waals surface area contributed by atoms with Gasteiger partial charge in [0, 0.05) is 29.3 Å². The summed E-state index contributed by atoms with van der Waals surface area (Å²) in [4.78, 5) is 29.1. The first-order valence-corrected chi connectivity index (χ1v) is 10.5. The summed E-state index contributed by atoms with van der Waals surface area (Å²) in [6.45, 7) is 2.46. The smallest absolute Gasteiger partial charge is 0.257 e. The van der Waals surface area contributed by atoms with Crippen LogP contribution in [0.25, 0.3) is 0 Å². The molecule has 0 spiro atoms. The highest BCUT2D eigenvalue weighted by Gasteiger charge is 2.10. The van der Waals surface area contributed by atoms with Crippen molar-refractivity contribution in [1.82, 2.24) is 4.98 Å². The average molecular weight is 437 g/mol. The second kappa shape index (κ2) is 10.2. The fourth-order valence-corrected chi connectivity index (χ4v) is 3.27. The molecule has 2 amide bonds. The van der Waals surface area contributed by atoms with E-state index >= 15 is 0 Å².